The van der Waals surface area contributed by atoms with Crippen LogP contribution >= 0.6 is 0 Å². The third-order valence-electron chi connectivity index (χ3n) is 2.13. The summed E-state index contributed by atoms with van der Waals surface area (Å²) in [4.78, 5) is 21.5. The van der Waals surface area contributed by atoms with Gasteiger partial charge in [-0.3, -0.25) is 10.1 Å². The number of nitrogens with zero attached hydrogens (tertiary/aromatic N) is 2. The fourth-order valence-corrected chi connectivity index (χ4v) is 1.39. The number of nitro benzene ring substituents is 1. The molecule has 17 heavy (non-hydrogen) atoms. The lowest BCUT2D eigenvalue weighted by Gasteiger charge is -1.96. The van der Waals surface area contributed by atoms with Gasteiger partial charge in [0.1, 0.15) is 0 Å². The summed E-state index contributed by atoms with van der Waals surface area (Å²) in [5.74, 6) is -0.660. The second-order valence-electron chi connectivity index (χ2n) is 3.19. The van der Waals surface area contributed by atoms with Gasteiger partial charge in [-0.15, -0.1) is 0 Å². The lowest BCUT2D eigenvalue weighted by atomic mass is 10.2. The molecule has 0 unspecified atom stereocenters. The van der Waals surface area contributed by atoms with Gasteiger partial charge in [-0.05, 0) is 13.0 Å². The number of carbonyl (C=O) groups excluding carboxylic acids is 1. The summed E-state index contributed by atoms with van der Waals surface area (Å²) in [6.07, 6.45) is 0. The summed E-state index contributed by atoms with van der Waals surface area (Å²) in [5.41, 5.74) is 0.121. The first kappa shape index (κ1) is 11.1. The highest BCUT2D eigenvalue weighted by molar-refractivity contribution is 6.01. The van der Waals surface area contributed by atoms with Gasteiger partial charge in [0, 0.05) is 12.1 Å². The number of fused-ring (bicyclic) bond motifs is 1. The van der Waals surface area contributed by atoms with Crippen molar-refractivity contribution in [3.05, 3.63) is 34.0 Å². The highest BCUT2D eigenvalue weighted by Gasteiger charge is 2.19. The van der Waals surface area contributed by atoms with Gasteiger partial charge < -0.3 is 9.26 Å². The molecule has 7 heteroatoms. The molecule has 0 saturated carbocycles. The third-order valence-corrected chi connectivity index (χ3v) is 2.13. The normalized spacial score (nSPS) is 10.4. The number of ether oxygens (including phenoxy) is 1. The summed E-state index contributed by atoms with van der Waals surface area (Å²) in [6.45, 7) is 1.85. The topological polar surface area (TPSA) is 95.5 Å². The summed E-state index contributed by atoms with van der Waals surface area (Å²) in [6, 6.07) is 3.91. The zero-order valence-electron chi connectivity index (χ0n) is 8.87. The van der Waals surface area contributed by atoms with Crippen LogP contribution in [0.4, 0.5) is 5.69 Å². The van der Waals surface area contributed by atoms with Crippen LogP contribution in [0.5, 0.6) is 0 Å². The van der Waals surface area contributed by atoms with E-state index < -0.39 is 10.9 Å². The summed E-state index contributed by atoms with van der Waals surface area (Å²) >= 11 is 0. The Balaban J connectivity index is 2.54. The van der Waals surface area contributed by atoms with Gasteiger partial charge in [0.15, 0.2) is 11.3 Å². The van der Waals surface area contributed by atoms with Gasteiger partial charge in [-0.2, -0.15) is 0 Å². The van der Waals surface area contributed by atoms with Crippen LogP contribution < -0.4 is 0 Å². The fourth-order valence-electron chi connectivity index (χ4n) is 1.39. The van der Waals surface area contributed by atoms with Gasteiger partial charge >= 0.3 is 5.97 Å². The van der Waals surface area contributed by atoms with Crippen molar-refractivity contribution in [3.63, 3.8) is 0 Å². The highest BCUT2D eigenvalue weighted by Crippen LogP contribution is 2.24. The van der Waals surface area contributed by atoms with Crippen LogP contribution in [0.25, 0.3) is 11.0 Å². The van der Waals surface area contributed by atoms with Gasteiger partial charge in [0.05, 0.1) is 16.9 Å². The van der Waals surface area contributed by atoms with Gasteiger partial charge in [-0.25, -0.2) is 4.79 Å². The Labute approximate surface area is 95.1 Å². The Morgan fingerprint density at radius 1 is 1.59 bits per heavy atom. The number of carbonyl (C=O) groups is 1. The second kappa shape index (κ2) is 4.20. The van der Waals surface area contributed by atoms with E-state index in [-0.39, 0.29) is 23.4 Å². The second-order valence-corrected chi connectivity index (χ2v) is 3.19. The van der Waals surface area contributed by atoms with Crippen molar-refractivity contribution in [1.82, 2.24) is 5.16 Å². The number of esters is 1. The van der Waals surface area contributed by atoms with E-state index in [2.05, 4.69) is 5.16 Å². The van der Waals surface area contributed by atoms with Crippen molar-refractivity contribution in [2.75, 3.05) is 6.61 Å². The van der Waals surface area contributed by atoms with Crippen LogP contribution in [-0.4, -0.2) is 22.7 Å². The SMILES string of the molecule is CCOC(=O)c1noc2ccc([N+](=O)[O-])cc12. The van der Waals surface area contributed by atoms with E-state index in [1.165, 1.54) is 18.2 Å². The molecule has 88 valence electrons. The summed E-state index contributed by atoms with van der Waals surface area (Å²) < 4.78 is 9.64. The van der Waals surface area contributed by atoms with Crippen molar-refractivity contribution in [2.24, 2.45) is 0 Å². The van der Waals surface area contributed by atoms with Crippen LogP contribution in [0.1, 0.15) is 17.4 Å². The number of benzene rings is 1. The van der Waals surface area contributed by atoms with Crippen molar-refractivity contribution in [1.29, 1.82) is 0 Å². The average molecular weight is 236 g/mol. The number of non-ortho nitro benzene ring substituents is 1. The first-order valence-corrected chi connectivity index (χ1v) is 4.84. The Hall–Kier alpha value is -2.44. The maximum absolute atomic E-state index is 11.5. The molecule has 0 atom stereocenters. The van der Waals surface area contributed by atoms with Gasteiger partial charge in [0.25, 0.3) is 5.69 Å². The zero-order chi connectivity index (χ0) is 12.4. The Bertz CT molecular complexity index is 589. The number of hydrogen-bond donors (Lipinski definition) is 0. The van der Waals surface area contributed by atoms with E-state index >= 15 is 0 Å². The first-order valence-electron chi connectivity index (χ1n) is 4.84. The minimum Gasteiger partial charge on any atom is -0.461 e. The largest absolute Gasteiger partial charge is 0.461 e. The molecule has 0 aliphatic carbocycles. The average Bonchev–Trinajstić information content (AvgIpc) is 2.71. The Morgan fingerprint density at radius 3 is 3.00 bits per heavy atom. The van der Waals surface area contributed by atoms with E-state index in [4.69, 9.17) is 9.26 Å². The monoisotopic (exact) mass is 236 g/mol. The molecule has 0 bridgehead atoms. The van der Waals surface area contributed by atoms with Crippen LogP contribution in [0.3, 0.4) is 0 Å². The van der Waals surface area contributed by atoms with E-state index in [1.54, 1.807) is 6.92 Å². The fraction of sp³-hybridized carbons (Fsp3) is 0.200. The molecule has 2 aromatic rings. The summed E-state index contributed by atoms with van der Waals surface area (Å²) in [5, 5.41) is 14.4. The van der Waals surface area contributed by atoms with Crippen LogP contribution in [-0.2, 0) is 4.74 Å². The summed E-state index contributed by atoms with van der Waals surface area (Å²) in [7, 11) is 0. The standard InChI is InChI=1S/C10H8N2O5/c1-2-16-10(13)9-7-5-6(12(14)15)3-4-8(7)17-11-9/h3-5H,2H2,1H3. The van der Waals surface area contributed by atoms with Crippen molar-refractivity contribution < 1.29 is 19.0 Å². The zero-order valence-corrected chi connectivity index (χ0v) is 8.87. The predicted octanol–water partition coefficient (Wildman–Crippen LogP) is 1.91. The molecule has 0 aliphatic rings. The molecular weight excluding hydrogens is 228 g/mol. The van der Waals surface area contributed by atoms with E-state index in [1.807, 2.05) is 0 Å². The van der Waals surface area contributed by atoms with Crippen LogP contribution in [0.2, 0.25) is 0 Å². The smallest absolute Gasteiger partial charge is 0.361 e. The third kappa shape index (κ3) is 1.94. The molecule has 0 spiro atoms. The number of aromatic nitrogens is 1. The molecule has 7 nitrogen and oxygen atoms in total. The quantitative estimate of drug-likeness (QED) is 0.458. The lowest BCUT2D eigenvalue weighted by Crippen LogP contribution is -2.05. The Kier molecular flexibility index (Phi) is 2.73. The Morgan fingerprint density at radius 2 is 2.35 bits per heavy atom. The molecule has 0 amide bonds. The molecule has 1 aromatic carbocycles. The maximum Gasteiger partial charge on any atom is 0.361 e. The van der Waals surface area contributed by atoms with Gasteiger partial charge in [-0.1, -0.05) is 5.16 Å². The molecule has 0 fully saturated rings. The van der Waals surface area contributed by atoms with Crippen LogP contribution in [0, 0.1) is 10.1 Å². The van der Waals surface area contributed by atoms with Crippen molar-refractivity contribution >= 4 is 22.6 Å². The van der Waals surface area contributed by atoms with E-state index in [9.17, 15) is 14.9 Å². The molecule has 2 rings (SSSR count). The van der Waals surface area contributed by atoms with Crippen molar-refractivity contribution in [3.8, 4) is 0 Å². The minimum atomic E-state index is -0.660. The molecule has 1 aromatic heterocycles. The minimum absolute atomic E-state index is 0.0504. The predicted molar refractivity (Wildman–Crippen MR) is 56.6 cm³/mol. The number of hydrogen-bond acceptors (Lipinski definition) is 6. The van der Waals surface area contributed by atoms with Crippen molar-refractivity contribution in [2.45, 2.75) is 6.92 Å². The molecule has 1 heterocycles. The van der Waals surface area contributed by atoms with E-state index in [0.29, 0.717) is 5.58 Å². The molecule has 0 N–H and O–H groups in total. The lowest BCUT2D eigenvalue weighted by molar-refractivity contribution is -0.384. The van der Waals surface area contributed by atoms with Crippen LogP contribution in [0.15, 0.2) is 22.7 Å². The molecule has 0 saturated heterocycles. The number of nitro groups is 1. The van der Waals surface area contributed by atoms with E-state index in [0.717, 1.165) is 0 Å². The highest BCUT2D eigenvalue weighted by atomic mass is 16.6. The maximum atomic E-state index is 11.5. The first-order chi connectivity index (χ1) is 8.13. The molecule has 0 radical (unpaired) electrons. The van der Waals surface area contributed by atoms with Gasteiger partial charge in [0.2, 0.25) is 0 Å². The molecule has 0 aliphatic heterocycles. The molecular formula is C10H8N2O5. The number of rotatable bonds is 3.